The first-order valence-electron chi connectivity index (χ1n) is 6.34. The van der Waals surface area contributed by atoms with Crippen LogP contribution in [-0.4, -0.2) is 21.8 Å². The van der Waals surface area contributed by atoms with Crippen LogP contribution in [0.25, 0.3) is 0 Å². The summed E-state index contributed by atoms with van der Waals surface area (Å²) < 4.78 is 0. The van der Waals surface area contributed by atoms with Gasteiger partial charge in [-0.2, -0.15) is 0 Å². The van der Waals surface area contributed by atoms with Crippen LogP contribution in [0.15, 0.2) is 47.6 Å². The predicted molar refractivity (Wildman–Crippen MR) is 81.4 cm³/mol. The van der Waals surface area contributed by atoms with Crippen molar-refractivity contribution in [3.05, 3.63) is 53.9 Å². The minimum Gasteiger partial charge on any atom is -0.478 e. The number of nitrogens with zero attached hydrogens (tertiary/aromatic N) is 1. The zero-order valence-corrected chi connectivity index (χ0v) is 12.0. The van der Waals surface area contributed by atoms with E-state index >= 15 is 0 Å². The van der Waals surface area contributed by atoms with Gasteiger partial charge in [0.05, 0.1) is 11.3 Å². The summed E-state index contributed by atoms with van der Waals surface area (Å²) >= 11 is 1.53. The number of aromatic nitrogens is 1. The number of rotatable bonds is 6. The van der Waals surface area contributed by atoms with E-state index in [1.165, 1.54) is 11.8 Å². The van der Waals surface area contributed by atoms with Gasteiger partial charge in [-0.1, -0.05) is 19.1 Å². The summed E-state index contributed by atoms with van der Waals surface area (Å²) in [6.45, 7) is 2.56. The predicted octanol–water partition coefficient (Wildman–Crippen LogP) is 3.50. The van der Waals surface area contributed by atoms with E-state index in [0.29, 0.717) is 17.8 Å². The Hall–Kier alpha value is -2.01. The molecule has 0 atom stereocenters. The molecule has 5 heteroatoms. The van der Waals surface area contributed by atoms with Crippen molar-refractivity contribution in [2.75, 3.05) is 11.1 Å². The van der Waals surface area contributed by atoms with Crippen LogP contribution >= 0.6 is 11.8 Å². The van der Waals surface area contributed by atoms with Gasteiger partial charge in [0.2, 0.25) is 0 Å². The van der Waals surface area contributed by atoms with Crippen LogP contribution in [0.1, 0.15) is 22.8 Å². The molecule has 0 saturated heterocycles. The standard InChI is InChI=1S/C15H16N2O2S/c1-2-20-13-7-3-6-12(14(13)15(18)19)17-10-11-5-4-8-16-9-11/h3-9,17H,2,10H2,1H3,(H,18,19). The lowest BCUT2D eigenvalue weighted by atomic mass is 10.1. The summed E-state index contributed by atoms with van der Waals surface area (Å²) in [5.74, 6) is -0.0676. The molecule has 1 aromatic heterocycles. The van der Waals surface area contributed by atoms with E-state index in [9.17, 15) is 9.90 Å². The number of pyridine rings is 1. The molecule has 0 aliphatic rings. The molecule has 0 saturated carbocycles. The van der Waals surface area contributed by atoms with E-state index in [1.54, 1.807) is 18.5 Å². The molecule has 1 heterocycles. The van der Waals surface area contributed by atoms with E-state index < -0.39 is 5.97 Å². The van der Waals surface area contributed by atoms with Crippen molar-refractivity contribution in [2.24, 2.45) is 0 Å². The van der Waals surface area contributed by atoms with Crippen molar-refractivity contribution >= 4 is 23.4 Å². The number of thioether (sulfide) groups is 1. The maximum atomic E-state index is 11.5. The maximum Gasteiger partial charge on any atom is 0.338 e. The lowest BCUT2D eigenvalue weighted by Gasteiger charge is -2.12. The Kier molecular flexibility index (Phi) is 5.01. The second kappa shape index (κ2) is 6.96. The topological polar surface area (TPSA) is 62.2 Å². The lowest BCUT2D eigenvalue weighted by molar-refractivity contribution is 0.0694. The van der Waals surface area contributed by atoms with Crippen LogP contribution in [0.4, 0.5) is 5.69 Å². The molecule has 20 heavy (non-hydrogen) atoms. The van der Waals surface area contributed by atoms with Crippen LogP contribution in [-0.2, 0) is 6.54 Å². The highest BCUT2D eigenvalue weighted by Crippen LogP contribution is 2.28. The molecule has 0 aliphatic heterocycles. The number of hydrogen-bond acceptors (Lipinski definition) is 4. The van der Waals surface area contributed by atoms with Gasteiger partial charge in [-0.15, -0.1) is 11.8 Å². The van der Waals surface area contributed by atoms with Crippen LogP contribution in [0.2, 0.25) is 0 Å². The molecule has 2 N–H and O–H groups in total. The summed E-state index contributed by atoms with van der Waals surface area (Å²) in [5, 5.41) is 12.6. The molecule has 0 fully saturated rings. The molecular formula is C15H16N2O2S. The molecule has 104 valence electrons. The number of hydrogen-bond donors (Lipinski definition) is 2. The number of nitrogens with one attached hydrogen (secondary N) is 1. The molecule has 4 nitrogen and oxygen atoms in total. The van der Waals surface area contributed by atoms with Gasteiger partial charge in [0, 0.05) is 23.8 Å². The van der Waals surface area contributed by atoms with Crippen molar-refractivity contribution in [1.29, 1.82) is 0 Å². The molecular weight excluding hydrogens is 272 g/mol. The van der Waals surface area contributed by atoms with E-state index in [-0.39, 0.29) is 0 Å². The van der Waals surface area contributed by atoms with Gasteiger partial charge in [-0.3, -0.25) is 4.98 Å². The number of aromatic carboxylic acids is 1. The lowest BCUT2D eigenvalue weighted by Crippen LogP contribution is -2.08. The van der Waals surface area contributed by atoms with Crippen molar-refractivity contribution < 1.29 is 9.90 Å². The molecule has 0 radical (unpaired) electrons. The fourth-order valence-electron chi connectivity index (χ4n) is 1.87. The number of carboxylic acids is 1. The van der Waals surface area contributed by atoms with Gasteiger partial charge >= 0.3 is 5.97 Å². The van der Waals surface area contributed by atoms with E-state index in [4.69, 9.17) is 0 Å². The van der Waals surface area contributed by atoms with Crippen LogP contribution in [0.5, 0.6) is 0 Å². The minimum atomic E-state index is -0.907. The Balaban J connectivity index is 2.22. The summed E-state index contributed by atoms with van der Waals surface area (Å²) in [4.78, 5) is 16.3. The van der Waals surface area contributed by atoms with Crippen LogP contribution in [0, 0.1) is 0 Å². The van der Waals surface area contributed by atoms with Crippen LogP contribution in [0.3, 0.4) is 0 Å². The average Bonchev–Trinajstić information content (AvgIpc) is 2.46. The maximum absolute atomic E-state index is 11.5. The van der Waals surface area contributed by atoms with Crippen molar-refractivity contribution in [3.8, 4) is 0 Å². The second-order valence-corrected chi connectivity index (χ2v) is 5.44. The van der Waals surface area contributed by atoms with Crippen molar-refractivity contribution in [3.63, 3.8) is 0 Å². The molecule has 2 rings (SSSR count). The van der Waals surface area contributed by atoms with E-state index in [0.717, 1.165) is 16.2 Å². The SMILES string of the molecule is CCSc1cccc(NCc2cccnc2)c1C(=O)O. The Bertz CT molecular complexity index is 588. The van der Waals surface area contributed by atoms with Gasteiger partial charge in [0.15, 0.2) is 0 Å². The van der Waals surface area contributed by atoms with Gasteiger partial charge in [-0.25, -0.2) is 4.79 Å². The summed E-state index contributed by atoms with van der Waals surface area (Å²) in [6.07, 6.45) is 3.47. The second-order valence-electron chi connectivity index (χ2n) is 4.13. The molecule has 0 amide bonds. The highest BCUT2D eigenvalue weighted by atomic mass is 32.2. The fourth-order valence-corrected chi connectivity index (χ4v) is 2.70. The first-order chi connectivity index (χ1) is 9.72. The summed E-state index contributed by atoms with van der Waals surface area (Å²) in [7, 11) is 0. The molecule has 0 spiro atoms. The Morgan fingerprint density at radius 1 is 1.35 bits per heavy atom. The summed E-state index contributed by atoms with van der Waals surface area (Å²) in [6, 6.07) is 9.31. The zero-order chi connectivity index (χ0) is 14.4. The highest BCUT2D eigenvalue weighted by Gasteiger charge is 2.15. The Morgan fingerprint density at radius 3 is 2.85 bits per heavy atom. The van der Waals surface area contributed by atoms with Gasteiger partial charge < -0.3 is 10.4 Å². The van der Waals surface area contributed by atoms with Crippen molar-refractivity contribution in [2.45, 2.75) is 18.4 Å². The Morgan fingerprint density at radius 2 is 2.20 bits per heavy atom. The molecule has 0 unspecified atom stereocenters. The highest BCUT2D eigenvalue weighted by molar-refractivity contribution is 7.99. The van der Waals surface area contributed by atoms with E-state index in [1.807, 2.05) is 31.2 Å². The first kappa shape index (κ1) is 14.4. The average molecular weight is 288 g/mol. The zero-order valence-electron chi connectivity index (χ0n) is 11.2. The molecule has 2 aromatic rings. The molecule has 0 aliphatic carbocycles. The quantitative estimate of drug-likeness (QED) is 0.797. The van der Waals surface area contributed by atoms with Gasteiger partial charge in [-0.05, 0) is 29.5 Å². The number of carboxylic acid groups (broad SMARTS) is 1. The molecule has 1 aromatic carbocycles. The van der Waals surface area contributed by atoms with Crippen molar-refractivity contribution in [1.82, 2.24) is 4.98 Å². The fraction of sp³-hybridized carbons (Fsp3) is 0.200. The first-order valence-corrected chi connectivity index (χ1v) is 7.32. The van der Waals surface area contributed by atoms with Crippen LogP contribution < -0.4 is 5.32 Å². The third kappa shape index (κ3) is 3.51. The summed E-state index contributed by atoms with van der Waals surface area (Å²) in [5.41, 5.74) is 1.99. The smallest absolute Gasteiger partial charge is 0.338 e. The van der Waals surface area contributed by atoms with Gasteiger partial charge in [0.1, 0.15) is 0 Å². The largest absolute Gasteiger partial charge is 0.478 e. The third-order valence-corrected chi connectivity index (χ3v) is 3.69. The van der Waals surface area contributed by atoms with Gasteiger partial charge in [0.25, 0.3) is 0 Å². The molecule has 0 bridgehead atoms. The van der Waals surface area contributed by atoms with E-state index in [2.05, 4.69) is 10.3 Å². The number of anilines is 1. The number of benzene rings is 1. The number of carbonyl (C=O) groups is 1. The minimum absolute atomic E-state index is 0.336. The monoisotopic (exact) mass is 288 g/mol. The third-order valence-electron chi connectivity index (χ3n) is 2.75. The normalized spacial score (nSPS) is 10.2. The Labute approximate surface area is 122 Å².